The summed E-state index contributed by atoms with van der Waals surface area (Å²) in [6.07, 6.45) is 5.41. The zero-order chi connectivity index (χ0) is 10.8. The van der Waals surface area contributed by atoms with Crippen molar-refractivity contribution in [2.45, 2.75) is 26.2 Å². The van der Waals surface area contributed by atoms with Gasteiger partial charge in [0.2, 0.25) is 0 Å². The third kappa shape index (κ3) is 8.38. The Balaban J connectivity index is 3.56. The molecule has 0 bridgehead atoms. The lowest BCUT2D eigenvalue weighted by molar-refractivity contribution is -0.138. The first kappa shape index (κ1) is 13.8. The van der Waals surface area contributed by atoms with E-state index in [1.54, 1.807) is 0 Å². The monoisotopic (exact) mass is 219 g/mol. The summed E-state index contributed by atoms with van der Waals surface area (Å²) in [6, 6.07) is 0. The fraction of sp³-hybridized carbons (Fsp3) is 0.900. The minimum absolute atomic E-state index is 0.188. The summed E-state index contributed by atoms with van der Waals surface area (Å²) in [5.74, 6) is 0.454. The van der Waals surface area contributed by atoms with Crippen molar-refractivity contribution in [2.75, 3.05) is 31.6 Å². The summed E-state index contributed by atoms with van der Waals surface area (Å²) >= 11 is 1.85. The highest BCUT2D eigenvalue weighted by atomic mass is 32.2. The summed E-state index contributed by atoms with van der Waals surface area (Å²) in [6.45, 7) is 4.08. The van der Waals surface area contributed by atoms with Crippen LogP contribution in [0.2, 0.25) is 0 Å². The van der Waals surface area contributed by atoms with Crippen LogP contribution < -0.4 is 0 Å². The minimum Gasteiger partial charge on any atom is -0.480 e. The Bertz CT molecular complexity index is 153. The lowest BCUT2D eigenvalue weighted by atomic mass is 10.3. The van der Waals surface area contributed by atoms with E-state index in [4.69, 9.17) is 5.11 Å². The van der Waals surface area contributed by atoms with E-state index >= 15 is 0 Å². The molecule has 0 atom stereocenters. The highest BCUT2D eigenvalue weighted by molar-refractivity contribution is 7.98. The van der Waals surface area contributed by atoms with Gasteiger partial charge in [0.1, 0.15) is 0 Å². The second kappa shape index (κ2) is 9.34. The molecule has 0 aliphatic heterocycles. The number of carboxylic acid groups (broad SMARTS) is 1. The average Bonchev–Trinajstić information content (AvgIpc) is 2.12. The van der Waals surface area contributed by atoms with E-state index in [1.165, 1.54) is 12.2 Å². The van der Waals surface area contributed by atoms with Gasteiger partial charge in [-0.15, -0.1) is 0 Å². The molecule has 0 aromatic heterocycles. The van der Waals surface area contributed by atoms with Gasteiger partial charge in [-0.2, -0.15) is 11.8 Å². The van der Waals surface area contributed by atoms with E-state index in [0.29, 0.717) is 0 Å². The molecule has 14 heavy (non-hydrogen) atoms. The molecule has 0 saturated heterocycles. The van der Waals surface area contributed by atoms with E-state index in [0.717, 1.165) is 25.9 Å². The second-order valence-corrected chi connectivity index (χ2v) is 4.36. The number of aliphatic carboxylic acids is 1. The second-order valence-electron chi connectivity index (χ2n) is 3.37. The van der Waals surface area contributed by atoms with Gasteiger partial charge in [-0.1, -0.05) is 6.92 Å². The van der Waals surface area contributed by atoms with Crippen molar-refractivity contribution in [2.24, 2.45) is 0 Å². The summed E-state index contributed by atoms with van der Waals surface area (Å²) in [4.78, 5) is 12.5. The molecule has 3 nitrogen and oxygen atoms in total. The zero-order valence-corrected chi connectivity index (χ0v) is 9.98. The van der Waals surface area contributed by atoms with Gasteiger partial charge in [0.25, 0.3) is 0 Å². The molecule has 0 aromatic rings. The molecule has 0 fully saturated rings. The van der Waals surface area contributed by atoms with Crippen LogP contribution in [-0.4, -0.2) is 47.6 Å². The standard InChI is InChI=1S/C10H21NO2S/c1-3-6-11(9-10(12)13)7-4-5-8-14-2/h3-9H2,1-2H3,(H,12,13). The Hall–Kier alpha value is -0.220. The molecule has 0 heterocycles. The highest BCUT2D eigenvalue weighted by Gasteiger charge is 2.07. The van der Waals surface area contributed by atoms with Crippen molar-refractivity contribution in [3.05, 3.63) is 0 Å². The van der Waals surface area contributed by atoms with Crippen molar-refractivity contribution in [3.63, 3.8) is 0 Å². The summed E-state index contributed by atoms with van der Waals surface area (Å²) in [5.41, 5.74) is 0. The fourth-order valence-corrected chi connectivity index (χ4v) is 1.85. The number of rotatable bonds is 9. The van der Waals surface area contributed by atoms with Crippen LogP contribution >= 0.6 is 11.8 Å². The number of carbonyl (C=O) groups is 1. The number of thioether (sulfide) groups is 1. The van der Waals surface area contributed by atoms with Crippen molar-refractivity contribution in [1.29, 1.82) is 0 Å². The molecule has 0 aliphatic carbocycles. The highest BCUT2D eigenvalue weighted by Crippen LogP contribution is 2.01. The molecule has 0 radical (unpaired) electrons. The van der Waals surface area contributed by atoms with Crippen LogP contribution in [0.3, 0.4) is 0 Å². The molecule has 0 spiro atoms. The van der Waals surface area contributed by atoms with Crippen molar-refractivity contribution in [1.82, 2.24) is 4.90 Å². The average molecular weight is 219 g/mol. The maximum atomic E-state index is 10.5. The van der Waals surface area contributed by atoms with Gasteiger partial charge >= 0.3 is 5.97 Å². The van der Waals surface area contributed by atoms with Crippen LogP contribution in [0, 0.1) is 0 Å². The Morgan fingerprint density at radius 1 is 1.36 bits per heavy atom. The number of carboxylic acids is 1. The Morgan fingerprint density at radius 3 is 2.57 bits per heavy atom. The maximum Gasteiger partial charge on any atom is 0.317 e. The molecular weight excluding hydrogens is 198 g/mol. The Labute approximate surface area is 90.9 Å². The van der Waals surface area contributed by atoms with Crippen LogP contribution in [0.15, 0.2) is 0 Å². The third-order valence-corrected chi connectivity index (χ3v) is 2.67. The van der Waals surface area contributed by atoms with Gasteiger partial charge in [0.05, 0.1) is 6.54 Å². The van der Waals surface area contributed by atoms with Gasteiger partial charge < -0.3 is 5.11 Å². The van der Waals surface area contributed by atoms with E-state index in [1.807, 2.05) is 16.7 Å². The van der Waals surface area contributed by atoms with Gasteiger partial charge in [-0.3, -0.25) is 9.69 Å². The van der Waals surface area contributed by atoms with Crippen molar-refractivity contribution >= 4 is 17.7 Å². The summed E-state index contributed by atoms with van der Waals surface area (Å²) in [7, 11) is 0. The van der Waals surface area contributed by atoms with Crippen molar-refractivity contribution in [3.8, 4) is 0 Å². The molecule has 0 saturated carbocycles. The SMILES string of the molecule is CCCN(CCCCSC)CC(=O)O. The van der Waals surface area contributed by atoms with Crippen LogP contribution in [0.25, 0.3) is 0 Å². The van der Waals surface area contributed by atoms with E-state index in [9.17, 15) is 4.79 Å². The molecule has 0 unspecified atom stereocenters. The largest absolute Gasteiger partial charge is 0.480 e. The van der Waals surface area contributed by atoms with Gasteiger partial charge in [0.15, 0.2) is 0 Å². The predicted molar refractivity (Wildman–Crippen MR) is 62.0 cm³/mol. The van der Waals surface area contributed by atoms with Crippen LogP contribution in [0.1, 0.15) is 26.2 Å². The van der Waals surface area contributed by atoms with E-state index < -0.39 is 5.97 Å². The number of nitrogens with zero attached hydrogens (tertiary/aromatic N) is 1. The number of hydrogen-bond acceptors (Lipinski definition) is 3. The predicted octanol–water partition coefficient (Wildman–Crippen LogP) is 1.93. The molecule has 0 amide bonds. The molecular formula is C10H21NO2S. The quantitative estimate of drug-likeness (QED) is 0.602. The molecule has 0 aliphatic rings. The Kier molecular flexibility index (Phi) is 9.19. The number of hydrogen-bond donors (Lipinski definition) is 1. The van der Waals surface area contributed by atoms with E-state index in [2.05, 4.69) is 13.2 Å². The van der Waals surface area contributed by atoms with Gasteiger partial charge in [0, 0.05) is 0 Å². The first-order chi connectivity index (χ1) is 6.70. The molecule has 4 heteroatoms. The maximum absolute atomic E-state index is 10.5. The summed E-state index contributed by atoms with van der Waals surface area (Å²) in [5, 5.41) is 8.67. The smallest absolute Gasteiger partial charge is 0.317 e. The topological polar surface area (TPSA) is 40.5 Å². The summed E-state index contributed by atoms with van der Waals surface area (Å²) < 4.78 is 0. The Morgan fingerprint density at radius 2 is 2.07 bits per heavy atom. The lowest BCUT2D eigenvalue weighted by Gasteiger charge is -2.18. The molecule has 84 valence electrons. The number of unbranched alkanes of at least 4 members (excludes halogenated alkanes) is 1. The van der Waals surface area contributed by atoms with Crippen molar-refractivity contribution < 1.29 is 9.90 Å². The van der Waals surface area contributed by atoms with Crippen LogP contribution in [0.4, 0.5) is 0 Å². The zero-order valence-electron chi connectivity index (χ0n) is 9.16. The van der Waals surface area contributed by atoms with Gasteiger partial charge in [-0.05, 0) is 44.4 Å². The lowest BCUT2D eigenvalue weighted by Crippen LogP contribution is -2.31. The normalized spacial score (nSPS) is 10.8. The molecule has 0 aromatic carbocycles. The first-order valence-electron chi connectivity index (χ1n) is 5.13. The van der Waals surface area contributed by atoms with Crippen LogP contribution in [0.5, 0.6) is 0 Å². The fourth-order valence-electron chi connectivity index (χ4n) is 1.36. The molecule has 1 N–H and O–H groups in total. The third-order valence-electron chi connectivity index (χ3n) is 1.97. The van der Waals surface area contributed by atoms with E-state index in [-0.39, 0.29) is 6.54 Å². The molecule has 0 rings (SSSR count). The van der Waals surface area contributed by atoms with Gasteiger partial charge in [-0.25, -0.2) is 0 Å². The first-order valence-corrected chi connectivity index (χ1v) is 6.53. The minimum atomic E-state index is -0.719. The van der Waals surface area contributed by atoms with Crippen LogP contribution in [-0.2, 0) is 4.79 Å².